The molecule has 8 heteroatoms. The normalized spacial score (nSPS) is 11.1. The van der Waals surface area contributed by atoms with Gasteiger partial charge in [-0.25, -0.2) is 8.42 Å². The second-order valence-electron chi connectivity index (χ2n) is 7.67. The Morgan fingerprint density at radius 3 is 2.41 bits per heavy atom. The topological polar surface area (TPSA) is 75.7 Å². The van der Waals surface area contributed by atoms with Gasteiger partial charge in [0, 0.05) is 29.7 Å². The summed E-state index contributed by atoms with van der Waals surface area (Å²) >= 11 is 1.10. The number of aryl methyl sites for hydroxylation is 1. The summed E-state index contributed by atoms with van der Waals surface area (Å²) in [7, 11) is -1.03. The largest absolute Gasteiger partial charge is 0.497 e. The van der Waals surface area contributed by atoms with Crippen LogP contribution in [-0.2, 0) is 10.0 Å². The maximum atomic E-state index is 13.9. The summed E-state index contributed by atoms with van der Waals surface area (Å²) < 4.78 is 34.3. The molecule has 0 radical (unpaired) electrons. The maximum absolute atomic E-state index is 13.9. The smallest absolute Gasteiger partial charge is 0.267 e. The number of nitrogens with zero attached hydrogens (tertiary/aromatic N) is 1. The van der Waals surface area contributed by atoms with Crippen molar-refractivity contribution in [1.82, 2.24) is 0 Å². The number of hydrogen-bond acceptors (Lipinski definition) is 5. The van der Waals surface area contributed by atoms with Crippen molar-refractivity contribution in [2.24, 2.45) is 0 Å². The van der Waals surface area contributed by atoms with Crippen LogP contribution in [-0.4, -0.2) is 28.5 Å². The molecule has 0 spiro atoms. The Labute approximate surface area is 203 Å². The van der Waals surface area contributed by atoms with E-state index >= 15 is 0 Å². The minimum atomic E-state index is -4.07. The highest BCUT2D eigenvalue weighted by molar-refractivity contribution is 7.93. The van der Waals surface area contributed by atoms with Crippen LogP contribution >= 0.6 is 11.3 Å². The number of sulfonamides is 1. The summed E-state index contributed by atoms with van der Waals surface area (Å²) in [5.74, 6) is 0.0811. The lowest BCUT2D eigenvalue weighted by Gasteiger charge is -2.21. The molecule has 1 heterocycles. The molecule has 0 fully saturated rings. The first-order chi connectivity index (χ1) is 16.3. The number of amides is 1. The van der Waals surface area contributed by atoms with E-state index in [-0.39, 0.29) is 9.77 Å². The monoisotopic (exact) mass is 492 g/mol. The molecular weight excluding hydrogens is 468 g/mol. The standard InChI is InChI=1S/C26H24N2O4S2/c1-18-9-7-13-21(15-18)28(2)34(30,31)25-23(19-10-5-4-6-11-19)17-33-24(25)26(29)27-20-12-8-14-22(16-20)32-3/h4-17H,1-3H3,(H,27,29). The fraction of sp³-hybridized carbons (Fsp3) is 0.115. The Balaban J connectivity index is 1.82. The molecule has 0 aliphatic rings. The average molecular weight is 493 g/mol. The molecule has 1 amide bonds. The van der Waals surface area contributed by atoms with Crippen molar-refractivity contribution in [1.29, 1.82) is 0 Å². The van der Waals surface area contributed by atoms with Crippen molar-refractivity contribution in [2.45, 2.75) is 11.8 Å². The molecule has 0 atom stereocenters. The highest BCUT2D eigenvalue weighted by atomic mass is 32.2. The molecular formula is C26H24N2O4S2. The molecule has 0 unspecified atom stereocenters. The van der Waals surface area contributed by atoms with E-state index in [9.17, 15) is 13.2 Å². The molecule has 0 bridgehead atoms. The minimum absolute atomic E-state index is 0.0203. The predicted octanol–water partition coefficient (Wildman–Crippen LogP) is 5.81. The zero-order valence-corrected chi connectivity index (χ0v) is 20.6. The van der Waals surface area contributed by atoms with E-state index in [0.717, 1.165) is 22.5 Å². The molecule has 174 valence electrons. The first kappa shape index (κ1) is 23.5. The molecule has 34 heavy (non-hydrogen) atoms. The number of anilines is 2. The summed E-state index contributed by atoms with van der Waals surface area (Å²) in [5.41, 5.74) is 3.17. The number of benzene rings is 3. The highest BCUT2D eigenvalue weighted by Crippen LogP contribution is 2.38. The van der Waals surface area contributed by atoms with Crippen molar-refractivity contribution in [3.8, 4) is 16.9 Å². The number of carbonyl (C=O) groups excluding carboxylic acids is 1. The van der Waals surface area contributed by atoms with E-state index < -0.39 is 15.9 Å². The van der Waals surface area contributed by atoms with Gasteiger partial charge in [0.1, 0.15) is 15.5 Å². The summed E-state index contributed by atoms with van der Waals surface area (Å²) in [4.78, 5) is 13.4. The fourth-order valence-corrected chi connectivity index (χ4v) is 6.41. The molecule has 1 aromatic heterocycles. The van der Waals surface area contributed by atoms with E-state index in [1.807, 2.05) is 43.3 Å². The SMILES string of the molecule is COc1cccc(NC(=O)c2scc(-c3ccccc3)c2S(=O)(=O)N(C)c2cccc(C)c2)c1. The highest BCUT2D eigenvalue weighted by Gasteiger charge is 2.32. The third-order valence-electron chi connectivity index (χ3n) is 5.35. The Morgan fingerprint density at radius 2 is 1.71 bits per heavy atom. The fourth-order valence-electron chi connectivity index (χ4n) is 3.57. The number of rotatable bonds is 7. The van der Waals surface area contributed by atoms with Gasteiger partial charge in [-0.05, 0) is 42.3 Å². The summed E-state index contributed by atoms with van der Waals surface area (Å²) in [5, 5.41) is 4.52. The molecule has 0 saturated carbocycles. The van der Waals surface area contributed by atoms with Gasteiger partial charge >= 0.3 is 0 Å². The van der Waals surface area contributed by atoms with Gasteiger partial charge < -0.3 is 10.1 Å². The van der Waals surface area contributed by atoms with E-state index in [1.54, 1.807) is 47.8 Å². The van der Waals surface area contributed by atoms with Crippen LogP contribution in [0.5, 0.6) is 5.75 Å². The number of ether oxygens (including phenoxy) is 1. The molecule has 4 rings (SSSR count). The summed E-state index contributed by atoms with van der Waals surface area (Å²) in [6.07, 6.45) is 0. The molecule has 0 saturated heterocycles. The van der Waals surface area contributed by atoms with E-state index in [4.69, 9.17) is 4.74 Å². The number of methoxy groups -OCH3 is 1. The molecule has 6 nitrogen and oxygen atoms in total. The number of thiophene rings is 1. The Kier molecular flexibility index (Phi) is 6.72. The molecule has 0 aliphatic heterocycles. The molecule has 1 N–H and O–H groups in total. The molecule has 3 aromatic carbocycles. The van der Waals surface area contributed by atoms with Crippen LogP contribution in [0.3, 0.4) is 0 Å². The van der Waals surface area contributed by atoms with Gasteiger partial charge in [0.05, 0.1) is 12.8 Å². The Bertz CT molecular complexity index is 1430. The van der Waals surface area contributed by atoms with Gasteiger partial charge in [-0.3, -0.25) is 9.10 Å². The first-order valence-corrected chi connectivity index (χ1v) is 12.8. The van der Waals surface area contributed by atoms with Gasteiger partial charge in [-0.15, -0.1) is 11.3 Å². The second kappa shape index (κ2) is 9.70. The Hall–Kier alpha value is -3.62. The zero-order chi connectivity index (χ0) is 24.3. The van der Waals surface area contributed by atoms with Crippen LogP contribution in [0.2, 0.25) is 0 Å². The van der Waals surface area contributed by atoms with Crippen LogP contribution in [0, 0.1) is 6.92 Å². The van der Waals surface area contributed by atoms with Crippen LogP contribution in [0.1, 0.15) is 15.2 Å². The zero-order valence-electron chi connectivity index (χ0n) is 19.0. The average Bonchev–Trinajstić information content (AvgIpc) is 3.31. The number of nitrogens with one attached hydrogen (secondary N) is 1. The van der Waals surface area contributed by atoms with E-state index in [0.29, 0.717) is 22.7 Å². The van der Waals surface area contributed by atoms with Gasteiger partial charge in [-0.2, -0.15) is 0 Å². The van der Waals surface area contributed by atoms with Crippen molar-refractivity contribution >= 4 is 38.6 Å². The van der Waals surface area contributed by atoms with E-state index in [2.05, 4.69) is 5.32 Å². The van der Waals surface area contributed by atoms with Crippen LogP contribution in [0.25, 0.3) is 11.1 Å². The Morgan fingerprint density at radius 1 is 0.971 bits per heavy atom. The summed E-state index contributed by atoms with van der Waals surface area (Å²) in [6.45, 7) is 1.90. The third-order valence-corrected chi connectivity index (χ3v) is 8.33. The second-order valence-corrected chi connectivity index (χ2v) is 10.5. The van der Waals surface area contributed by atoms with Gasteiger partial charge in [0.2, 0.25) is 0 Å². The predicted molar refractivity (Wildman–Crippen MR) is 137 cm³/mol. The third kappa shape index (κ3) is 4.69. The van der Waals surface area contributed by atoms with Crippen LogP contribution in [0.15, 0.2) is 89.1 Å². The first-order valence-electron chi connectivity index (χ1n) is 10.5. The maximum Gasteiger partial charge on any atom is 0.267 e. The van der Waals surface area contributed by atoms with Gasteiger partial charge in [-0.1, -0.05) is 48.5 Å². The van der Waals surface area contributed by atoms with E-state index in [1.165, 1.54) is 18.5 Å². The van der Waals surface area contributed by atoms with Crippen molar-refractivity contribution in [3.05, 3.63) is 94.7 Å². The molecule has 4 aromatic rings. The number of carbonyl (C=O) groups is 1. The summed E-state index contributed by atoms with van der Waals surface area (Å²) in [6, 6.07) is 23.3. The van der Waals surface area contributed by atoms with Crippen LogP contribution in [0.4, 0.5) is 11.4 Å². The minimum Gasteiger partial charge on any atom is -0.497 e. The van der Waals surface area contributed by atoms with Crippen molar-refractivity contribution in [2.75, 3.05) is 23.8 Å². The van der Waals surface area contributed by atoms with Crippen molar-refractivity contribution < 1.29 is 17.9 Å². The number of hydrogen-bond donors (Lipinski definition) is 1. The lowest BCUT2D eigenvalue weighted by atomic mass is 10.1. The van der Waals surface area contributed by atoms with Gasteiger partial charge in [0.15, 0.2) is 0 Å². The quantitative estimate of drug-likeness (QED) is 0.353. The van der Waals surface area contributed by atoms with Crippen LogP contribution < -0.4 is 14.4 Å². The lowest BCUT2D eigenvalue weighted by molar-refractivity contribution is 0.102. The lowest BCUT2D eigenvalue weighted by Crippen LogP contribution is -2.28. The van der Waals surface area contributed by atoms with Crippen molar-refractivity contribution in [3.63, 3.8) is 0 Å². The molecule has 0 aliphatic carbocycles. The van der Waals surface area contributed by atoms with Gasteiger partial charge in [0.25, 0.3) is 15.9 Å².